The van der Waals surface area contributed by atoms with Gasteiger partial charge in [0.2, 0.25) is 0 Å². The standard InChI is InChI=1S/C19H16N4O3/c24-18(16-7-1-2-10-21-16)23(12-14-5-4-9-20-11-14)13-15-6-3-8-17(22-15)19(25)26/h1-11H,12-13H2,(H,25,26). The largest absolute Gasteiger partial charge is 0.477 e. The zero-order valence-corrected chi connectivity index (χ0v) is 13.8. The zero-order chi connectivity index (χ0) is 18.4. The molecule has 26 heavy (non-hydrogen) atoms. The van der Waals surface area contributed by atoms with E-state index in [-0.39, 0.29) is 18.1 Å². The van der Waals surface area contributed by atoms with Crippen molar-refractivity contribution in [1.82, 2.24) is 19.9 Å². The van der Waals surface area contributed by atoms with Gasteiger partial charge in [-0.1, -0.05) is 18.2 Å². The third-order valence-electron chi connectivity index (χ3n) is 3.65. The van der Waals surface area contributed by atoms with E-state index in [4.69, 9.17) is 5.11 Å². The molecule has 3 heterocycles. The number of aromatic carboxylic acids is 1. The molecule has 0 radical (unpaired) electrons. The maximum atomic E-state index is 12.9. The van der Waals surface area contributed by atoms with Crippen molar-refractivity contribution >= 4 is 11.9 Å². The molecule has 7 heteroatoms. The highest BCUT2D eigenvalue weighted by molar-refractivity contribution is 5.92. The highest BCUT2D eigenvalue weighted by atomic mass is 16.4. The summed E-state index contributed by atoms with van der Waals surface area (Å²) in [5.41, 5.74) is 1.59. The smallest absolute Gasteiger partial charge is 0.354 e. The van der Waals surface area contributed by atoms with Crippen LogP contribution in [0.25, 0.3) is 0 Å². The van der Waals surface area contributed by atoms with Gasteiger partial charge in [-0.25, -0.2) is 9.78 Å². The Morgan fingerprint density at radius 1 is 0.923 bits per heavy atom. The Morgan fingerprint density at radius 3 is 2.46 bits per heavy atom. The van der Waals surface area contributed by atoms with Crippen LogP contribution in [0.15, 0.2) is 67.1 Å². The molecule has 0 saturated heterocycles. The number of nitrogens with zero attached hydrogens (tertiary/aromatic N) is 4. The van der Waals surface area contributed by atoms with Crippen LogP contribution in [0.5, 0.6) is 0 Å². The van der Waals surface area contributed by atoms with Crippen molar-refractivity contribution in [2.75, 3.05) is 0 Å². The SMILES string of the molecule is O=C(O)c1cccc(CN(Cc2cccnc2)C(=O)c2ccccn2)n1. The van der Waals surface area contributed by atoms with E-state index in [1.54, 1.807) is 59.9 Å². The number of carbonyl (C=O) groups excluding carboxylic acids is 1. The summed E-state index contributed by atoms with van der Waals surface area (Å²) in [5.74, 6) is -1.38. The van der Waals surface area contributed by atoms with E-state index in [2.05, 4.69) is 15.0 Å². The van der Waals surface area contributed by atoms with Crippen molar-refractivity contribution in [2.45, 2.75) is 13.1 Å². The first-order valence-electron chi connectivity index (χ1n) is 7.92. The van der Waals surface area contributed by atoms with E-state index >= 15 is 0 Å². The molecule has 3 aromatic heterocycles. The number of amides is 1. The van der Waals surface area contributed by atoms with E-state index < -0.39 is 5.97 Å². The first-order valence-corrected chi connectivity index (χ1v) is 7.92. The molecule has 0 atom stereocenters. The van der Waals surface area contributed by atoms with Gasteiger partial charge in [-0.2, -0.15) is 0 Å². The fourth-order valence-electron chi connectivity index (χ4n) is 2.45. The second-order valence-electron chi connectivity index (χ2n) is 5.56. The van der Waals surface area contributed by atoms with Crippen molar-refractivity contribution in [3.8, 4) is 0 Å². The molecule has 1 N–H and O–H groups in total. The van der Waals surface area contributed by atoms with Gasteiger partial charge in [0.25, 0.3) is 5.91 Å². The molecule has 3 rings (SSSR count). The minimum absolute atomic E-state index is 0.0610. The Balaban J connectivity index is 1.88. The molecule has 0 aliphatic carbocycles. The van der Waals surface area contributed by atoms with Gasteiger partial charge in [0, 0.05) is 25.1 Å². The molecule has 0 aliphatic rings. The molecular formula is C19H16N4O3. The normalized spacial score (nSPS) is 10.3. The van der Waals surface area contributed by atoms with Crippen LogP contribution < -0.4 is 0 Å². The lowest BCUT2D eigenvalue weighted by Gasteiger charge is -2.22. The number of rotatable bonds is 6. The summed E-state index contributed by atoms with van der Waals surface area (Å²) in [6.07, 6.45) is 4.89. The molecule has 7 nitrogen and oxygen atoms in total. The van der Waals surface area contributed by atoms with Gasteiger partial charge in [0.1, 0.15) is 11.4 Å². The third-order valence-corrected chi connectivity index (χ3v) is 3.65. The Hall–Kier alpha value is -3.61. The van der Waals surface area contributed by atoms with Crippen LogP contribution in [0.2, 0.25) is 0 Å². The Labute approximate surface area is 150 Å². The summed E-state index contributed by atoms with van der Waals surface area (Å²) in [6.45, 7) is 0.466. The minimum Gasteiger partial charge on any atom is -0.477 e. The quantitative estimate of drug-likeness (QED) is 0.735. The lowest BCUT2D eigenvalue weighted by atomic mass is 10.2. The fraction of sp³-hybridized carbons (Fsp3) is 0.105. The fourth-order valence-corrected chi connectivity index (χ4v) is 2.45. The van der Waals surface area contributed by atoms with Crippen LogP contribution in [-0.2, 0) is 13.1 Å². The predicted molar refractivity (Wildman–Crippen MR) is 93.2 cm³/mol. The zero-order valence-electron chi connectivity index (χ0n) is 13.8. The Morgan fingerprint density at radius 2 is 1.77 bits per heavy atom. The van der Waals surface area contributed by atoms with Gasteiger partial charge in [-0.05, 0) is 35.9 Å². The molecule has 0 fully saturated rings. The van der Waals surface area contributed by atoms with Crippen LogP contribution in [0.1, 0.15) is 32.2 Å². The molecule has 1 amide bonds. The van der Waals surface area contributed by atoms with Crippen LogP contribution in [0.3, 0.4) is 0 Å². The van der Waals surface area contributed by atoms with E-state index in [1.807, 2.05) is 6.07 Å². The van der Waals surface area contributed by atoms with Gasteiger partial charge in [0.05, 0.1) is 12.2 Å². The maximum absolute atomic E-state index is 12.9. The third kappa shape index (κ3) is 4.27. The lowest BCUT2D eigenvalue weighted by Crippen LogP contribution is -2.31. The van der Waals surface area contributed by atoms with Crippen molar-refractivity contribution in [3.05, 3.63) is 89.8 Å². The van der Waals surface area contributed by atoms with E-state index in [1.165, 1.54) is 6.07 Å². The summed E-state index contributed by atoms with van der Waals surface area (Å²) in [6, 6.07) is 13.5. The highest BCUT2D eigenvalue weighted by Gasteiger charge is 2.19. The first-order chi connectivity index (χ1) is 12.6. The number of carboxylic acid groups (broad SMARTS) is 1. The number of aromatic nitrogens is 3. The number of carboxylic acids is 1. The summed E-state index contributed by atoms with van der Waals surface area (Å²) in [7, 11) is 0. The summed E-state index contributed by atoms with van der Waals surface area (Å²) in [5, 5.41) is 9.10. The minimum atomic E-state index is -1.11. The first kappa shape index (κ1) is 17.2. The van der Waals surface area contributed by atoms with E-state index in [9.17, 15) is 9.59 Å². The van der Waals surface area contributed by atoms with E-state index in [0.717, 1.165) is 5.56 Å². The summed E-state index contributed by atoms with van der Waals surface area (Å²) < 4.78 is 0. The van der Waals surface area contributed by atoms with Gasteiger partial charge in [-0.15, -0.1) is 0 Å². The molecular weight excluding hydrogens is 332 g/mol. The second-order valence-corrected chi connectivity index (χ2v) is 5.56. The van der Waals surface area contributed by atoms with E-state index in [0.29, 0.717) is 17.9 Å². The molecule has 0 bridgehead atoms. The molecule has 0 aliphatic heterocycles. The maximum Gasteiger partial charge on any atom is 0.354 e. The van der Waals surface area contributed by atoms with Crippen LogP contribution in [0, 0.1) is 0 Å². The summed E-state index contributed by atoms with van der Waals surface area (Å²) >= 11 is 0. The monoisotopic (exact) mass is 348 g/mol. The Bertz CT molecular complexity index is 901. The molecule has 0 spiro atoms. The van der Waals surface area contributed by atoms with Crippen molar-refractivity contribution in [2.24, 2.45) is 0 Å². The lowest BCUT2D eigenvalue weighted by molar-refractivity contribution is 0.0690. The van der Waals surface area contributed by atoms with Gasteiger partial charge >= 0.3 is 5.97 Å². The van der Waals surface area contributed by atoms with Gasteiger partial charge < -0.3 is 10.0 Å². The number of carbonyl (C=O) groups is 2. The number of pyridine rings is 3. The van der Waals surface area contributed by atoms with Crippen molar-refractivity contribution < 1.29 is 14.7 Å². The average molecular weight is 348 g/mol. The molecule has 0 unspecified atom stereocenters. The van der Waals surface area contributed by atoms with Gasteiger partial charge in [0.15, 0.2) is 0 Å². The van der Waals surface area contributed by atoms with Crippen LogP contribution in [0.4, 0.5) is 0 Å². The Kier molecular flexibility index (Phi) is 5.28. The predicted octanol–water partition coefficient (Wildman–Crippen LogP) is 2.41. The molecule has 3 aromatic rings. The molecule has 0 aromatic carbocycles. The molecule has 130 valence electrons. The van der Waals surface area contributed by atoms with Crippen LogP contribution >= 0.6 is 0 Å². The number of hydrogen-bond donors (Lipinski definition) is 1. The van der Waals surface area contributed by atoms with Crippen LogP contribution in [-0.4, -0.2) is 36.8 Å². The molecule has 0 saturated carbocycles. The highest BCUT2D eigenvalue weighted by Crippen LogP contribution is 2.12. The topological polar surface area (TPSA) is 96.3 Å². The second kappa shape index (κ2) is 7.98. The van der Waals surface area contributed by atoms with Crippen molar-refractivity contribution in [3.63, 3.8) is 0 Å². The summed E-state index contributed by atoms with van der Waals surface area (Å²) in [4.78, 5) is 37.8. The number of hydrogen-bond acceptors (Lipinski definition) is 5. The van der Waals surface area contributed by atoms with Gasteiger partial charge in [-0.3, -0.25) is 14.8 Å². The van der Waals surface area contributed by atoms with Crippen molar-refractivity contribution in [1.29, 1.82) is 0 Å². The average Bonchev–Trinajstić information content (AvgIpc) is 2.68.